The van der Waals surface area contributed by atoms with Crippen LogP contribution in [0.2, 0.25) is 5.28 Å². The second-order valence-electron chi connectivity index (χ2n) is 7.76. The van der Waals surface area contributed by atoms with Crippen molar-refractivity contribution < 1.29 is 0 Å². The summed E-state index contributed by atoms with van der Waals surface area (Å²) in [6, 6.07) is 12.3. The summed E-state index contributed by atoms with van der Waals surface area (Å²) < 4.78 is 1.73. The Morgan fingerprint density at radius 2 is 1.81 bits per heavy atom. The SMILES string of the molecule is Nc1nn2ccnc2c(Nc2ccccc2)c1C1CCC(Nc2ccnc(Cl)n2)CC1. The van der Waals surface area contributed by atoms with Crippen molar-refractivity contribution in [2.75, 3.05) is 16.4 Å². The van der Waals surface area contributed by atoms with Crippen LogP contribution < -0.4 is 16.4 Å². The Bertz CT molecular complexity index is 1180. The molecule has 5 rings (SSSR count). The van der Waals surface area contributed by atoms with Gasteiger partial charge in [0, 0.05) is 35.9 Å². The number of imidazole rings is 1. The van der Waals surface area contributed by atoms with E-state index in [0.717, 1.165) is 54.1 Å². The topological polar surface area (TPSA) is 106 Å². The molecule has 0 atom stereocenters. The van der Waals surface area contributed by atoms with Gasteiger partial charge in [0.15, 0.2) is 5.65 Å². The minimum Gasteiger partial charge on any atom is -0.382 e. The number of nitrogens with zero attached hydrogens (tertiary/aromatic N) is 5. The molecule has 0 radical (unpaired) electrons. The van der Waals surface area contributed by atoms with Crippen LogP contribution in [0.25, 0.3) is 5.65 Å². The van der Waals surface area contributed by atoms with E-state index in [1.807, 2.05) is 42.6 Å². The van der Waals surface area contributed by atoms with Gasteiger partial charge in [0.05, 0.1) is 5.69 Å². The first kappa shape index (κ1) is 19.6. The first-order valence-corrected chi connectivity index (χ1v) is 10.7. The number of anilines is 4. The third-order valence-corrected chi connectivity index (χ3v) is 5.94. The molecule has 31 heavy (non-hydrogen) atoms. The number of para-hydroxylation sites is 1. The standard InChI is InChI=1S/C22H23ClN8/c23-22-26-11-10-17(29-22)27-16-8-6-14(7-9-16)18-19(28-15-4-2-1-3-5-15)21-25-12-13-31(21)30-20(18)24/h1-5,10-14,16,28H,6-9H2,(H2,24,30)(H,26,27,29). The highest BCUT2D eigenvalue weighted by Gasteiger charge is 2.28. The lowest BCUT2D eigenvalue weighted by Gasteiger charge is -2.31. The number of hydrogen-bond acceptors (Lipinski definition) is 7. The average Bonchev–Trinajstić information content (AvgIpc) is 3.24. The van der Waals surface area contributed by atoms with Crippen LogP contribution in [0, 0.1) is 0 Å². The van der Waals surface area contributed by atoms with Crippen molar-refractivity contribution in [1.29, 1.82) is 0 Å². The molecule has 3 heterocycles. The van der Waals surface area contributed by atoms with Gasteiger partial charge in [-0.2, -0.15) is 0 Å². The van der Waals surface area contributed by atoms with Gasteiger partial charge in [-0.3, -0.25) is 0 Å². The van der Waals surface area contributed by atoms with E-state index in [2.05, 4.69) is 30.7 Å². The maximum Gasteiger partial charge on any atom is 0.224 e. The lowest BCUT2D eigenvalue weighted by atomic mass is 9.81. The van der Waals surface area contributed by atoms with Crippen LogP contribution in [0.5, 0.6) is 0 Å². The molecule has 1 fully saturated rings. The van der Waals surface area contributed by atoms with Crippen molar-refractivity contribution in [2.45, 2.75) is 37.6 Å². The Labute approximate surface area is 184 Å². The molecule has 4 N–H and O–H groups in total. The molecule has 0 saturated heterocycles. The molecule has 4 aromatic rings. The monoisotopic (exact) mass is 434 g/mol. The zero-order valence-electron chi connectivity index (χ0n) is 16.9. The van der Waals surface area contributed by atoms with E-state index in [1.54, 1.807) is 16.9 Å². The summed E-state index contributed by atoms with van der Waals surface area (Å²) in [5.41, 5.74) is 10.2. The van der Waals surface area contributed by atoms with Gasteiger partial charge in [-0.05, 0) is 61.4 Å². The number of aromatic nitrogens is 5. The normalized spacial score (nSPS) is 18.7. The van der Waals surface area contributed by atoms with Crippen LogP contribution in [-0.4, -0.2) is 30.6 Å². The van der Waals surface area contributed by atoms with E-state index >= 15 is 0 Å². The Hall–Kier alpha value is -3.39. The van der Waals surface area contributed by atoms with E-state index in [1.165, 1.54) is 0 Å². The van der Waals surface area contributed by atoms with E-state index in [9.17, 15) is 0 Å². The fourth-order valence-corrected chi connectivity index (χ4v) is 4.48. The molecular weight excluding hydrogens is 412 g/mol. The fraction of sp³-hybridized carbons (Fsp3) is 0.273. The molecule has 1 aromatic carbocycles. The van der Waals surface area contributed by atoms with Gasteiger partial charge in [0.2, 0.25) is 5.28 Å². The average molecular weight is 435 g/mol. The smallest absolute Gasteiger partial charge is 0.224 e. The van der Waals surface area contributed by atoms with Crippen LogP contribution >= 0.6 is 11.6 Å². The number of nitrogen functional groups attached to an aromatic ring is 1. The first-order chi connectivity index (χ1) is 15.2. The third-order valence-electron chi connectivity index (χ3n) is 5.76. The highest BCUT2D eigenvalue weighted by molar-refractivity contribution is 6.28. The van der Waals surface area contributed by atoms with E-state index in [4.69, 9.17) is 17.3 Å². The van der Waals surface area contributed by atoms with Crippen molar-refractivity contribution in [2.24, 2.45) is 0 Å². The lowest BCUT2D eigenvalue weighted by Crippen LogP contribution is -2.26. The van der Waals surface area contributed by atoms with Gasteiger partial charge >= 0.3 is 0 Å². The van der Waals surface area contributed by atoms with E-state index in [-0.39, 0.29) is 5.28 Å². The zero-order chi connectivity index (χ0) is 21.2. The number of nitrogens with two attached hydrogens (primary N) is 1. The van der Waals surface area contributed by atoms with Crippen LogP contribution in [-0.2, 0) is 0 Å². The van der Waals surface area contributed by atoms with Gasteiger partial charge < -0.3 is 16.4 Å². The molecule has 9 heteroatoms. The summed E-state index contributed by atoms with van der Waals surface area (Å²) in [6.45, 7) is 0. The molecule has 1 aliphatic rings. The van der Waals surface area contributed by atoms with Crippen LogP contribution in [0.4, 0.5) is 23.0 Å². The number of hydrogen-bond donors (Lipinski definition) is 3. The van der Waals surface area contributed by atoms with Gasteiger partial charge in [-0.25, -0.2) is 19.5 Å². The minimum atomic E-state index is 0.252. The number of halogens is 1. The molecule has 0 amide bonds. The molecule has 0 bridgehead atoms. The van der Waals surface area contributed by atoms with Crippen molar-refractivity contribution in [3.8, 4) is 0 Å². The Morgan fingerprint density at radius 1 is 1.00 bits per heavy atom. The number of benzene rings is 1. The molecule has 158 valence electrons. The largest absolute Gasteiger partial charge is 0.382 e. The number of fused-ring (bicyclic) bond motifs is 1. The summed E-state index contributed by atoms with van der Waals surface area (Å²) >= 11 is 5.91. The highest BCUT2D eigenvalue weighted by atomic mass is 35.5. The van der Waals surface area contributed by atoms with Gasteiger partial charge in [-0.15, -0.1) is 5.10 Å². The molecule has 0 unspecified atom stereocenters. The highest BCUT2D eigenvalue weighted by Crippen LogP contribution is 2.41. The maximum atomic E-state index is 6.46. The van der Waals surface area contributed by atoms with E-state index in [0.29, 0.717) is 17.8 Å². The Balaban J connectivity index is 1.40. The van der Waals surface area contributed by atoms with Crippen molar-refractivity contribution in [3.63, 3.8) is 0 Å². The second kappa shape index (κ2) is 8.39. The van der Waals surface area contributed by atoms with Gasteiger partial charge in [0.25, 0.3) is 0 Å². The molecular formula is C22H23ClN8. The van der Waals surface area contributed by atoms with Crippen molar-refractivity contribution in [1.82, 2.24) is 24.6 Å². The minimum absolute atomic E-state index is 0.252. The molecule has 1 saturated carbocycles. The molecule has 0 aliphatic heterocycles. The molecule has 1 aliphatic carbocycles. The number of nitrogens with one attached hydrogen (secondary N) is 2. The first-order valence-electron chi connectivity index (χ1n) is 10.4. The number of rotatable bonds is 5. The summed E-state index contributed by atoms with van der Waals surface area (Å²) in [4.78, 5) is 12.7. The van der Waals surface area contributed by atoms with Crippen molar-refractivity contribution in [3.05, 3.63) is 65.8 Å². The summed E-state index contributed by atoms with van der Waals surface area (Å²) in [5, 5.41) is 11.8. The van der Waals surface area contributed by atoms with Crippen molar-refractivity contribution >= 4 is 40.3 Å². The summed E-state index contributed by atoms with van der Waals surface area (Å²) in [5.74, 6) is 1.60. The lowest BCUT2D eigenvalue weighted by molar-refractivity contribution is 0.412. The maximum absolute atomic E-state index is 6.46. The quantitative estimate of drug-likeness (QED) is 0.393. The molecule has 3 aromatic heterocycles. The van der Waals surface area contributed by atoms with Crippen LogP contribution in [0.15, 0.2) is 55.0 Å². The molecule has 8 nitrogen and oxygen atoms in total. The zero-order valence-corrected chi connectivity index (χ0v) is 17.6. The third kappa shape index (κ3) is 4.11. The van der Waals surface area contributed by atoms with Gasteiger partial charge in [-0.1, -0.05) is 18.2 Å². The Kier molecular flexibility index (Phi) is 5.30. The summed E-state index contributed by atoms with van der Waals surface area (Å²) in [7, 11) is 0. The van der Waals surface area contributed by atoms with E-state index < -0.39 is 0 Å². The Morgan fingerprint density at radius 3 is 2.58 bits per heavy atom. The second-order valence-corrected chi connectivity index (χ2v) is 8.10. The van der Waals surface area contributed by atoms with Gasteiger partial charge in [0.1, 0.15) is 11.6 Å². The summed E-state index contributed by atoms with van der Waals surface area (Å²) in [6.07, 6.45) is 9.20. The van der Waals surface area contributed by atoms with Crippen LogP contribution in [0.1, 0.15) is 37.2 Å². The fourth-order valence-electron chi connectivity index (χ4n) is 4.33. The molecule has 0 spiro atoms. The predicted octanol–water partition coefficient (Wildman–Crippen LogP) is 4.64. The van der Waals surface area contributed by atoms with Crippen LogP contribution in [0.3, 0.4) is 0 Å². The predicted molar refractivity (Wildman–Crippen MR) is 123 cm³/mol.